The molecular formula is C16H18N2O4. The molecule has 6 heteroatoms. The fourth-order valence-electron chi connectivity index (χ4n) is 2.47. The molecule has 22 heavy (non-hydrogen) atoms. The van der Waals surface area contributed by atoms with Crippen molar-refractivity contribution in [2.75, 3.05) is 20.3 Å². The minimum absolute atomic E-state index is 0.0936. The standard InChI is InChI=1S/C16H18N2O4/c1-20-12-5-2-4-11(8-12)15-14(18-10-22-15)16(19)17-9-13-6-3-7-21-13/h2,4-5,8,10,13H,3,6-7,9H2,1H3,(H,17,19). The third-order valence-electron chi connectivity index (χ3n) is 3.63. The molecule has 3 rings (SSSR count). The third kappa shape index (κ3) is 3.12. The number of carbonyl (C=O) groups excluding carboxylic acids is 1. The Kier molecular flexibility index (Phi) is 4.39. The lowest BCUT2D eigenvalue weighted by atomic mass is 10.1. The monoisotopic (exact) mass is 302 g/mol. The zero-order chi connectivity index (χ0) is 15.4. The van der Waals surface area contributed by atoms with Gasteiger partial charge in [0.2, 0.25) is 0 Å². The number of oxazole rings is 1. The lowest BCUT2D eigenvalue weighted by Gasteiger charge is -2.10. The number of aromatic nitrogens is 1. The van der Waals surface area contributed by atoms with Crippen molar-refractivity contribution in [1.29, 1.82) is 0 Å². The van der Waals surface area contributed by atoms with Gasteiger partial charge in [-0.15, -0.1) is 0 Å². The van der Waals surface area contributed by atoms with Crippen LogP contribution < -0.4 is 10.1 Å². The molecule has 0 bridgehead atoms. The zero-order valence-corrected chi connectivity index (χ0v) is 12.4. The summed E-state index contributed by atoms with van der Waals surface area (Å²) in [6, 6.07) is 7.32. The van der Waals surface area contributed by atoms with E-state index in [1.807, 2.05) is 18.2 Å². The summed E-state index contributed by atoms with van der Waals surface area (Å²) in [7, 11) is 1.59. The topological polar surface area (TPSA) is 73.6 Å². The van der Waals surface area contributed by atoms with E-state index in [9.17, 15) is 4.79 Å². The quantitative estimate of drug-likeness (QED) is 0.917. The summed E-state index contributed by atoms with van der Waals surface area (Å²) in [5.41, 5.74) is 1.02. The largest absolute Gasteiger partial charge is 0.497 e. The van der Waals surface area contributed by atoms with Crippen LogP contribution in [0.4, 0.5) is 0 Å². The van der Waals surface area contributed by atoms with Crippen molar-refractivity contribution in [2.24, 2.45) is 0 Å². The van der Waals surface area contributed by atoms with Crippen LogP contribution in [0.2, 0.25) is 0 Å². The Bertz CT molecular complexity index is 647. The molecule has 1 amide bonds. The number of ether oxygens (including phenoxy) is 2. The molecule has 1 aliphatic heterocycles. The first-order valence-corrected chi connectivity index (χ1v) is 7.25. The number of hydrogen-bond acceptors (Lipinski definition) is 5. The van der Waals surface area contributed by atoms with Gasteiger partial charge in [-0.1, -0.05) is 12.1 Å². The number of hydrogen-bond donors (Lipinski definition) is 1. The highest BCUT2D eigenvalue weighted by Crippen LogP contribution is 2.26. The number of rotatable bonds is 5. The molecule has 0 radical (unpaired) electrons. The van der Waals surface area contributed by atoms with E-state index >= 15 is 0 Å². The predicted molar refractivity (Wildman–Crippen MR) is 79.8 cm³/mol. The fraction of sp³-hybridized carbons (Fsp3) is 0.375. The molecule has 1 aliphatic rings. The number of amides is 1. The van der Waals surface area contributed by atoms with E-state index in [-0.39, 0.29) is 17.7 Å². The van der Waals surface area contributed by atoms with Crippen molar-refractivity contribution in [1.82, 2.24) is 10.3 Å². The molecule has 0 aliphatic carbocycles. The van der Waals surface area contributed by atoms with Crippen molar-refractivity contribution in [3.05, 3.63) is 36.4 Å². The zero-order valence-electron chi connectivity index (χ0n) is 12.4. The second-order valence-electron chi connectivity index (χ2n) is 5.11. The molecule has 1 saturated heterocycles. The molecule has 1 atom stereocenters. The SMILES string of the molecule is COc1cccc(-c2ocnc2C(=O)NCC2CCCO2)c1. The first-order chi connectivity index (χ1) is 10.8. The van der Waals surface area contributed by atoms with Crippen LogP contribution >= 0.6 is 0 Å². The number of carbonyl (C=O) groups is 1. The maximum absolute atomic E-state index is 12.3. The van der Waals surface area contributed by atoms with Crippen LogP contribution in [0.25, 0.3) is 11.3 Å². The first-order valence-electron chi connectivity index (χ1n) is 7.25. The average Bonchev–Trinajstić information content (AvgIpc) is 3.24. The maximum atomic E-state index is 12.3. The van der Waals surface area contributed by atoms with Crippen LogP contribution in [0.5, 0.6) is 5.75 Å². The Hall–Kier alpha value is -2.34. The minimum atomic E-state index is -0.262. The summed E-state index contributed by atoms with van der Waals surface area (Å²) in [5, 5.41) is 2.85. The van der Waals surface area contributed by atoms with Gasteiger partial charge in [-0.3, -0.25) is 4.79 Å². The van der Waals surface area contributed by atoms with Crippen molar-refractivity contribution < 1.29 is 18.7 Å². The summed E-state index contributed by atoms with van der Waals surface area (Å²) in [6.45, 7) is 1.25. The van der Waals surface area contributed by atoms with E-state index in [0.717, 1.165) is 25.0 Å². The van der Waals surface area contributed by atoms with Gasteiger partial charge in [0.15, 0.2) is 17.8 Å². The van der Waals surface area contributed by atoms with Crippen LogP contribution in [0.15, 0.2) is 35.1 Å². The van der Waals surface area contributed by atoms with E-state index in [1.165, 1.54) is 6.39 Å². The van der Waals surface area contributed by atoms with Crippen LogP contribution in [-0.4, -0.2) is 37.3 Å². The lowest BCUT2D eigenvalue weighted by molar-refractivity contribution is 0.0854. The Morgan fingerprint density at radius 1 is 1.50 bits per heavy atom. The van der Waals surface area contributed by atoms with Gasteiger partial charge in [0.25, 0.3) is 5.91 Å². The predicted octanol–water partition coefficient (Wildman–Crippen LogP) is 2.26. The molecule has 1 unspecified atom stereocenters. The fourth-order valence-corrected chi connectivity index (χ4v) is 2.47. The minimum Gasteiger partial charge on any atom is -0.497 e. The van der Waals surface area contributed by atoms with Crippen LogP contribution in [0.3, 0.4) is 0 Å². The van der Waals surface area contributed by atoms with Crippen LogP contribution in [-0.2, 0) is 4.74 Å². The van der Waals surface area contributed by atoms with Gasteiger partial charge < -0.3 is 19.2 Å². The summed E-state index contributed by atoms with van der Waals surface area (Å²) >= 11 is 0. The smallest absolute Gasteiger partial charge is 0.274 e. The molecular weight excluding hydrogens is 284 g/mol. The number of benzene rings is 1. The van der Waals surface area contributed by atoms with E-state index in [4.69, 9.17) is 13.9 Å². The van der Waals surface area contributed by atoms with Gasteiger partial charge >= 0.3 is 0 Å². The van der Waals surface area contributed by atoms with Gasteiger partial charge in [0.1, 0.15) is 5.75 Å². The van der Waals surface area contributed by atoms with Crippen molar-refractivity contribution in [2.45, 2.75) is 18.9 Å². The summed E-state index contributed by atoms with van der Waals surface area (Å²) < 4.78 is 16.1. The van der Waals surface area contributed by atoms with Crippen LogP contribution in [0, 0.1) is 0 Å². The number of methoxy groups -OCH3 is 1. The van der Waals surface area contributed by atoms with Crippen molar-refractivity contribution >= 4 is 5.91 Å². The second-order valence-corrected chi connectivity index (χ2v) is 5.11. The molecule has 2 aromatic rings. The van der Waals surface area contributed by atoms with Gasteiger partial charge in [-0.25, -0.2) is 4.98 Å². The Morgan fingerprint density at radius 2 is 2.41 bits per heavy atom. The Labute approximate surface area is 128 Å². The molecule has 1 aromatic carbocycles. The molecule has 0 spiro atoms. The van der Waals surface area contributed by atoms with E-state index in [2.05, 4.69) is 10.3 Å². The molecule has 1 aromatic heterocycles. The highest BCUT2D eigenvalue weighted by molar-refractivity contribution is 5.97. The second kappa shape index (κ2) is 6.62. The van der Waals surface area contributed by atoms with Gasteiger partial charge in [-0.2, -0.15) is 0 Å². The number of nitrogens with one attached hydrogen (secondary N) is 1. The third-order valence-corrected chi connectivity index (χ3v) is 3.63. The van der Waals surface area contributed by atoms with Gasteiger partial charge in [0.05, 0.1) is 13.2 Å². The Morgan fingerprint density at radius 3 is 3.18 bits per heavy atom. The summed E-state index contributed by atoms with van der Waals surface area (Å²) in [6.07, 6.45) is 3.38. The van der Waals surface area contributed by atoms with E-state index < -0.39 is 0 Å². The van der Waals surface area contributed by atoms with Gasteiger partial charge in [0, 0.05) is 18.7 Å². The molecule has 2 heterocycles. The lowest BCUT2D eigenvalue weighted by Crippen LogP contribution is -2.32. The van der Waals surface area contributed by atoms with Crippen LogP contribution in [0.1, 0.15) is 23.3 Å². The van der Waals surface area contributed by atoms with Crippen molar-refractivity contribution in [3.63, 3.8) is 0 Å². The Balaban J connectivity index is 1.74. The van der Waals surface area contributed by atoms with E-state index in [1.54, 1.807) is 13.2 Å². The first kappa shape index (κ1) is 14.6. The highest BCUT2D eigenvalue weighted by Gasteiger charge is 2.21. The molecule has 0 saturated carbocycles. The van der Waals surface area contributed by atoms with E-state index in [0.29, 0.717) is 18.1 Å². The summed E-state index contributed by atoms with van der Waals surface area (Å²) in [4.78, 5) is 16.3. The summed E-state index contributed by atoms with van der Waals surface area (Å²) in [5.74, 6) is 0.866. The maximum Gasteiger partial charge on any atom is 0.274 e. The molecule has 1 fully saturated rings. The average molecular weight is 302 g/mol. The number of nitrogens with zero attached hydrogens (tertiary/aromatic N) is 1. The van der Waals surface area contributed by atoms with Crippen molar-refractivity contribution in [3.8, 4) is 17.1 Å². The molecule has 1 N–H and O–H groups in total. The highest BCUT2D eigenvalue weighted by atomic mass is 16.5. The van der Waals surface area contributed by atoms with Gasteiger partial charge in [-0.05, 0) is 25.0 Å². The molecule has 116 valence electrons. The normalized spacial score (nSPS) is 17.4. The molecule has 6 nitrogen and oxygen atoms in total.